The topological polar surface area (TPSA) is 61.4 Å². The molecule has 1 aromatic carbocycles. The van der Waals surface area contributed by atoms with Crippen LogP contribution >= 0.6 is 12.4 Å². The SMILES string of the molecule is CNCC(=O)Nc1ccc2c(c1)C(=O)N(C)CC2.Cl. The van der Waals surface area contributed by atoms with Crippen LogP contribution in [0.4, 0.5) is 5.69 Å². The fourth-order valence-corrected chi connectivity index (χ4v) is 2.03. The number of nitrogens with one attached hydrogen (secondary N) is 2. The molecule has 1 aliphatic heterocycles. The van der Waals surface area contributed by atoms with Gasteiger partial charge in [0.1, 0.15) is 0 Å². The Morgan fingerprint density at radius 2 is 2.16 bits per heavy atom. The highest BCUT2D eigenvalue weighted by Gasteiger charge is 2.21. The fraction of sp³-hybridized carbons (Fsp3) is 0.385. The zero-order valence-electron chi connectivity index (χ0n) is 11.0. The normalized spacial score (nSPS) is 13.6. The van der Waals surface area contributed by atoms with E-state index in [4.69, 9.17) is 0 Å². The maximum atomic E-state index is 12.0. The van der Waals surface area contributed by atoms with Crippen LogP contribution < -0.4 is 10.6 Å². The van der Waals surface area contributed by atoms with Crippen molar-refractivity contribution < 1.29 is 9.59 Å². The first-order valence-corrected chi connectivity index (χ1v) is 5.94. The molecule has 2 rings (SSSR count). The minimum Gasteiger partial charge on any atom is -0.341 e. The van der Waals surface area contributed by atoms with Crippen molar-refractivity contribution in [2.45, 2.75) is 6.42 Å². The Balaban J connectivity index is 0.00000180. The van der Waals surface area contributed by atoms with Crippen molar-refractivity contribution in [1.29, 1.82) is 0 Å². The molecule has 1 heterocycles. The van der Waals surface area contributed by atoms with Crippen molar-refractivity contribution in [3.05, 3.63) is 29.3 Å². The van der Waals surface area contributed by atoms with Crippen molar-refractivity contribution in [1.82, 2.24) is 10.2 Å². The summed E-state index contributed by atoms with van der Waals surface area (Å²) in [6.45, 7) is 1.00. The number of amides is 2. The summed E-state index contributed by atoms with van der Waals surface area (Å²) < 4.78 is 0. The van der Waals surface area contributed by atoms with E-state index >= 15 is 0 Å². The predicted molar refractivity (Wildman–Crippen MR) is 76.9 cm³/mol. The van der Waals surface area contributed by atoms with Gasteiger partial charge < -0.3 is 15.5 Å². The van der Waals surface area contributed by atoms with E-state index in [9.17, 15) is 9.59 Å². The maximum Gasteiger partial charge on any atom is 0.253 e. The van der Waals surface area contributed by atoms with Crippen LogP contribution in [0.5, 0.6) is 0 Å². The van der Waals surface area contributed by atoms with Gasteiger partial charge in [-0.05, 0) is 31.2 Å². The van der Waals surface area contributed by atoms with Crippen LogP contribution in [-0.4, -0.2) is 43.9 Å². The first-order valence-electron chi connectivity index (χ1n) is 5.94. The summed E-state index contributed by atoms with van der Waals surface area (Å²) >= 11 is 0. The lowest BCUT2D eigenvalue weighted by Crippen LogP contribution is -2.34. The summed E-state index contributed by atoms with van der Waals surface area (Å²) in [6, 6.07) is 5.50. The maximum absolute atomic E-state index is 12.0. The first kappa shape index (κ1) is 15.5. The Hall–Kier alpha value is -1.59. The molecule has 0 aromatic heterocycles. The monoisotopic (exact) mass is 283 g/mol. The third-order valence-electron chi connectivity index (χ3n) is 3.02. The van der Waals surface area contributed by atoms with Crippen molar-refractivity contribution in [2.75, 3.05) is 32.5 Å². The molecule has 0 saturated carbocycles. The van der Waals surface area contributed by atoms with Gasteiger partial charge in [0.25, 0.3) is 5.91 Å². The van der Waals surface area contributed by atoms with Gasteiger partial charge in [-0.15, -0.1) is 12.4 Å². The molecule has 19 heavy (non-hydrogen) atoms. The molecule has 0 spiro atoms. The number of benzene rings is 1. The van der Waals surface area contributed by atoms with Crippen LogP contribution in [0.1, 0.15) is 15.9 Å². The molecule has 6 heteroatoms. The summed E-state index contributed by atoms with van der Waals surface area (Å²) in [4.78, 5) is 25.1. The number of nitrogens with zero attached hydrogens (tertiary/aromatic N) is 1. The third-order valence-corrected chi connectivity index (χ3v) is 3.02. The number of carbonyl (C=O) groups is 2. The Bertz CT molecular complexity index is 491. The van der Waals surface area contributed by atoms with E-state index in [0.717, 1.165) is 18.5 Å². The first-order chi connectivity index (χ1) is 8.61. The van der Waals surface area contributed by atoms with Crippen molar-refractivity contribution in [3.8, 4) is 0 Å². The van der Waals surface area contributed by atoms with Crippen LogP contribution in [-0.2, 0) is 11.2 Å². The molecule has 104 valence electrons. The van der Waals surface area contributed by atoms with E-state index in [-0.39, 0.29) is 30.8 Å². The Kier molecular flexibility index (Phi) is 5.32. The smallest absolute Gasteiger partial charge is 0.253 e. The summed E-state index contributed by atoms with van der Waals surface area (Å²) in [7, 11) is 3.50. The van der Waals surface area contributed by atoms with E-state index in [2.05, 4.69) is 10.6 Å². The molecule has 0 saturated heterocycles. The van der Waals surface area contributed by atoms with Gasteiger partial charge in [0.2, 0.25) is 5.91 Å². The van der Waals surface area contributed by atoms with Gasteiger partial charge in [-0.2, -0.15) is 0 Å². The van der Waals surface area contributed by atoms with E-state index in [1.807, 2.05) is 12.1 Å². The quantitative estimate of drug-likeness (QED) is 0.866. The van der Waals surface area contributed by atoms with Gasteiger partial charge in [0.05, 0.1) is 6.54 Å². The van der Waals surface area contributed by atoms with Gasteiger partial charge >= 0.3 is 0 Å². The lowest BCUT2D eigenvalue weighted by Gasteiger charge is -2.25. The molecule has 2 amide bonds. The molecule has 5 nitrogen and oxygen atoms in total. The standard InChI is InChI=1S/C13H17N3O2.ClH/c1-14-8-12(17)15-10-4-3-9-5-6-16(2)13(18)11(9)7-10;/h3-4,7,14H,5-6,8H2,1-2H3,(H,15,17);1H. The molecular formula is C13H18ClN3O2. The molecule has 0 unspecified atom stereocenters. The number of halogens is 1. The van der Waals surface area contributed by atoms with Crippen LogP contribution in [0, 0.1) is 0 Å². The molecule has 0 aliphatic carbocycles. The highest BCUT2D eigenvalue weighted by atomic mass is 35.5. The number of hydrogen-bond acceptors (Lipinski definition) is 3. The summed E-state index contributed by atoms with van der Waals surface area (Å²) in [5.41, 5.74) is 2.40. The Morgan fingerprint density at radius 1 is 1.42 bits per heavy atom. The van der Waals surface area contributed by atoms with Crippen molar-refractivity contribution >= 4 is 29.9 Å². The van der Waals surface area contributed by atoms with Gasteiger partial charge in [-0.3, -0.25) is 9.59 Å². The van der Waals surface area contributed by atoms with Gasteiger partial charge in [0, 0.05) is 24.8 Å². The Morgan fingerprint density at radius 3 is 2.84 bits per heavy atom. The van der Waals surface area contributed by atoms with Crippen LogP contribution in [0.2, 0.25) is 0 Å². The summed E-state index contributed by atoms with van der Waals surface area (Å²) in [6.07, 6.45) is 0.863. The number of hydrogen-bond donors (Lipinski definition) is 2. The van der Waals surface area contributed by atoms with E-state index in [0.29, 0.717) is 11.3 Å². The van der Waals surface area contributed by atoms with Crippen LogP contribution in [0.15, 0.2) is 18.2 Å². The number of rotatable bonds is 3. The molecule has 0 bridgehead atoms. The molecule has 0 radical (unpaired) electrons. The number of carbonyl (C=O) groups excluding carboxylic acids is 2. The van der Waals surface area contributed by atoms with Crippen molar-refractivity contribution in [2.24, 2.45) is 0 Å². The Labute approximate surface area is 118 Å². The molecule has 0 fully saturated rings. The predicted octanol–water partition coefficient (Wildman–Crippen LogP) is 0.894. The molecular weight excluding hydrogens is 266 g/mol. The molecule has 0 atom stereocenters. The highest BCUT2D eigenvalue weighted by molar-refractivity contribution is 5.99. The zero-order chi connectivity index (χ0) is 13.1. The van der Waals surface area contributed by atoms with Crippen LogP contribution in [0.25, 0.3) is 0 Å². The summed E-state index contributed by atoms with van der Waals surface area (Å²) in [5, 5.41) is 5.53. The van der Waals surface area contributed by atoms with Crippen molar-refractivity contribution in [3.63, 3.8) is 0 Å². The summed E-state index contributed by atoms with van der Waals surface area (Å²) in [5.74, 6) is -0.102. The molecule has 2 N–H and O–H groups in total. The second kappa shape index (κ2) is 6.54. The second-order valence-corrected chi connectivity index (χ2v) is 4.43. The van der Waals surface area contributed by atoms with Gasteiger partial charge in [-0.1, -0.05) is 6.07 Å². The lowest BCUT2D eigenvalue weighted by atomic mass is 9.99. The number of likely N-dealkylation sites (N-methyl/N-ethyl adjacent to an activating group) is 2. The molecule has 1 aromatic rings. The minimum absolute atomic E-state index is 0. The largest absolute Gasteiger partial charge is 0.341 e. The third kappa shape index (κ3) is 3.45. The minimum atomic E-state index is -0.117. The van der Waals surface area contributed by atoms with E-state index in [1.165, 1.54) is 0 Å². The fourth-order valence-electron chi connectivity index (χ4n) is 2.03. The number of fused-ring (bicyclic) bond motifs is 1. The van der Waals surface area contributed by atoms with Crippen LogP contribution in [0.3, 0.4) is 0 Å². The zero-order valence-corrected chi connectivity index (χ0v) is 11.8. The van der Waals surface area contributed by atoms with E-state index in [1.54, 1.807) is 25.1 Å². The molecule has 1 aliphatic rings. The highest BCUT2D eigenvalue weighted by Crippen LogP contribution is 2.21. The van der Waals surface area contributed by atoms with Gasteiger partial charge in [-0.25, -0.2) is 0 Å². The number of anilines is 1. The average molecular weight is 284 g/mol. The average Bonchev–Trinajstić information content (AvgIpc) is 2.35. The second-order valence-electron chi connectivity index (χ2n) is 4.43. The lowest BCUT2D eigenvalue weighted by molar-refractivity contribution is -0.115. The van der Waals surface area contributed by atoms with Gasteiger partial charge in [0.15, 0.2) is 0 Å². The van der Waals surface area contributed by atoms with E-state index < -0.39 is 0 Å².